The number of nitrogens with zero attached hydrogens (tertiary/aromatic N) is 1. The number of hydrogen-bond acceptors (Lipinski definition) is 3. The number of aliphatic hydroxyl groups excluding tert-OH is 2. The fraction of sp³-hybridized carbons (Fsp3) is 0.559. The second-order valence-corrected chi connectivity index (χ2v) is 11.8. The first-order valence-corrected chi connectivity index (χ1v) is 14.5. The van der Waals surface area contributed by atoms with E-state index in [-0.39, 0.29) is 49.1 Å². The summed E-state index contributed by atoms with van der Waals surface area (Å²) >= 11 is 0. The Balaban J connectivity index is 0.000000206. The Bertz CT molecular complexity index is 1140. The Labute approximate surface area is 243 Å². The third-order valence-electron chi connectivity index (χ3n) is 10.1. The van der Waals surface area contributed by atoms with E-state index in [1.807, 2.05) is 24.4 Å². The number of benzene rings is 2. The molecule has 2 unspecified atom stereocenters. The van der Waals surface area contributed by atoms with Gasteiger partial charge >= 0.3 is 0 Å². The van der Waals surface area contributed by atoms with Crippen LogP contribution in [0, 0.1) is 28.7 Å². The largest absolute Gasteiger partial charge is 0.392 e. The molecular weight excluding hydrogens is 647 g/mol. The summed E-state index contributed by atoms with van der Waals surface area (Å²) in [5.74, 6) is 1.19. The van der Waals surface area contributed by atoms with Gasteiger partial charge in [-0.3, -0.25) is 0 Å². The van der Waals surface area contributed by atoms with Crippen molar-refractivity contribution in [1.82, 2.24) is 4.98 Å². The Kier molecular flexibility index (Phi) is 10.4. The van der Waals surface area contributed by atoms with Crippen LogP contribution in [0.25, 0.3) is 22.0 Å². The zero-order valence-corrected chi connectivity index (χ0v) is 26.4. The van der Waals surface area contributed by atoms with E-state index in [2.05, 4.69) is 82.9 Å². The molecule has 0 amide bonds. The molecule has 0 spiro atoms. The van der Waals surface area contributed by atoms with Crippen LogP contribution in [-0.4, -0.2) is 27.4 Å². The van der Waals surface area contributed by atoms with Crippen molar-refractivity contribution in [2.75, 3.05) is 0 Å². The molecule has 2 aliphatic carbocycles. The fourth-order valence-corrected chi connectivity index (χ4v) is 7.35. The monoisotopic (exact) mass is 693 g/mol. The minimum Gasteiger partial charge on any atom is -0.392 e. The molecule has 0 saturated heterocycles. The average Bonchev–Trinajstić information content (AvgIpc) is 3.38. The summed E-state index contributed by atoms with van der Waals surface area (Å²) in [6, 6.07) is 20.0. The minimum absolute atomic E-state index is 0. The van der Waals surface area contributed by atoms with E-state index in [1.54, 1.807) is 0 Å². The normalized spacial score (nSPS) is 25.0. The van der Waals surface area contributed by atoms with Crippen molar-refractivity contribution in [1.29, 1.82) is 0 Å². The van der Waals surface area contributed by atoms with E-state index < -0.39 is 0 Å². The van der Waals surface area contributed by atoms with Crippen LogP contribution in [0.1, 0.15) is 91.5 Å². The molecule has 4 heteroatoms. The third-order valence-corrected chi connectivity index (χ3v) is 10.1. The number of aliphatic hydroxyl groups is 2. The standard InChI is InChI=1S/C18H16N.C16H30O2.Ir/c1-13(2)16-9-8-14-10-11-19-18(17(14)12-16)15-6-4-3-5-7-15;1-5-15(6-2)9-11-10-16(7-3,8-4)14(18)12(11)13(15)17;/h3-6,8-13H,1-2H3;11-14,17-18H,5-10H2,1-4H3;/q-1;;. The Morgan fingerprint density at radius 2 is 1.50 bits per heavy atom. The molecule has 1 aromatic heterocycles. The first-order valence-electron chi connectivity index (χ1n) is 14.5. The summed E-state index contributed by atoms with van der Waals surface area (Å²) in [6.45, 7) is 13.2. The van der Waals surface area contributed by atoms with Gasteiger partial charge in [-0.2, -0.15) is 0 Å². The molecular formula is C34H46IrNO2-. The van der Waals surface area contributed by atoms with Crippen molar-refractivity contribution in [3.05, 3.63) is 66.4 Å². The Hall–Kier alpha value is -1.58. The van der Waals surface area contributed by atoms with Crippen LogP contribution in [0.2, 0.25) is 0 Å². The van der Waals surface area contributed by atoms with Crippen LogP contribution in [0.5, 0.6) is 0 Å². The Morgan fingerprint density at radius 1 is 0.895 bits per heavy atom. The average molecular weight is 693 g/mol. The van der Waals surface area contributed by atoms with Crippen LogP contribution in [0.3, 0.4) is 0 Å². The van der Waals surface area contributed by atoms with Gasteiger partial charge < -0.3 is 15.2 Å². The van der Waals surface area contributed by atoms with Crippen LogP contribution in [0.4, 0.5) is 0 Å². The van der Waals surface area contributed by atoms with Gasteiger partial charge in [0.15, 0.2) is 0 Å². The van der Waals surface area contributed by atoms with E-state index >= 15 is 0 Å². The third kappa shape index (κ3) is 5.52. The molecule has 0 bridgehead atoms. The Morgan fingerprint density at radius 3 is 1.97 bits per heavy atom. The van der Waals surface area contributed by atoms with Gasteiger partial charge in [-0.25, -0.2) is 0 Å². The van der Waals surface area contributed by atoms with Crippen LogP contribution in [-0.2, 0) is 20.1 Å². The van der Waals surface area contributed by atoms with Gasteiger partial charge in [0.05, 0.1) is 12.2 Å². The van der Waals surface area contributed by atoms with Crippen molar-refractivity contribution in [2.24, 2.45) is 22.7 Å². The molecule has 2 atom stereocenters. The predicted octanol–water partition coefficient (Wildman–Crippen LogP) is 8.18. The van der Waals surface area contributed by atoms with E-state index in [4.69, 9.17) is 0 Å². The zero-order valence-electron chi connectivity index (χ0n) is 24.0. The molecule has 2 fully saturated rings. The number of fused-ring (bicyclic) bond motifs is 2. The summed E-state index contributed by atoms with van der Waals surface area (Å²) in [5.41, 5.74) is 3.56. The van der Waals surface area contributed by atoms with Crippen molar-refractivity contribution < 1.29 is 30.3 Å². The van der Waals surface area contributed by atoms with E-state index in [0.717, 1.165) is 49.8 Å². The van der Waals surface area contributed by atoms with Gasteiger partial charge in [-0.1, -0.05) is 59.7 Å². The first kappa shape index (κ1) is 31.0. The van der Waals surface area contributed by atoms with Crippen LogP contribution in [0.15, 0.2) is 54.7 Å². The molecule has 2 aromatic carbocycles. The molecule has 5 rings (SSSR count). The minimum atomic E-state index is -0.299. The van der Waals surface area contributed by atoms with Gasteiger partial charge in [0, 0.05) is 32.2 Å². The maximum atomic E-state index is 10.7. The van der Waals surface area contributed by atoms with Crippen LogP contribution < -0.4 is 0 Å². The molecule has 2 saturated carbocycles. The maximum absolute atomic E-state index is 10.7. The summed E-state index contributed by atoms with van der Waals surface area (Å²) in [7, 11) is 0. The SMILES string of the molecule is CC(C)c1ccc2ccnc(-c3[c-]cccc3)c2c1.CCC1(CC)CC2CC(CC)(CC)C(O)C2C1O.[Ir]. The van der Waals surface area contributed by atoms with Crippen LogP contribution >= 0.6 is 0 Å². The first-order chi connectivity index (χ1) is 17.8. The number of rotatable bonds is 6. The number of hydrogen-bond donors (Lipinski definition) is 2. The molecule has 2 N–H and O–H groups in total. The molecule has 38 heavy (non-hydrogen) atoms. The van der Waals surface area contributed by atoms with Crippen molar-refractivity contribution in [3.8, 4) is 11.3 Å². The van der Waals surface area contributed by atoms with Gasteiger partial charge in [-0.05, 0) is 89.3 Å². The van der Waals surface area contributed by atoms with Crippen molar-refractivity contribution in [2.45, 2.75) is 98.2 Å². The van der Waals surface area contributed by atoms with Gasteiger partial charge in [0.25, 0.3) is 0 Å². The molecule has 3 nitrogen and oxygen atoms in total. The molecule has 3 aromatic rings. The molecule has 209 valence electrons. The second-order valence-electron chi connectivity index (χ2n) is 11.8. The molecule has 1 heterocycles. The summed E-state index contributed by atoms with van der Waals surface area (Å²) in [4.78, 5) is 4.55. The van der Waals surface area contributed by atoms with Crippen molar-refractivity contribution >= 4 is 10.8 Å². The molecule has 2 aliphatic rings. The molecule has 1 radical (unpaired) electrons. The van der Waals surface area contributed by atoms with E-state index in [9.17, 15) is 10.2 Å². The van der Waals surface area contributed by atoms with Crippen molar-refractivity contribution in [3.63, 3.8) is 0 Å². The zero-order chi connectivity index (χ0) is 26.8. The predicted molar refractivity (Wildman–Crippen MR) is 154 cm³/mol. The maximum Gasteiger partial charge on any atom is 0.0651 e. The second kappa shape index (κ2) is 12.7. The topological polar surface area (TPSA) is 53.4 Å². The van der Waals surface area contributed by atoms with Gasteiger partial charge in [-0.15, -0.1) is 35.9 Å². The van der Waals surface area contributed by atoms with Gasteiger partial charge in [0.1, 0.15) is 0 Å². The number of pyridine rings is 1. The summed E-state index contributed by atoms with van der Waals surface area (Å²) < 4.78 is 0. The van der Waals surface area contributed by atoms with E-state index in [1.165, 1.54) is 16.3 Å². The molecule has 0 aliphatic heterocycles. The smallest absolute Gasteiger partial charge is 0.0651 e. The summed E-state index contributed by atoms with van der Waals surface area (Å²) in [5, 5.41) is 23.9. The quantitative estimate of drug-likeness (QED) is 0.256. The van der Waals surface area contributed by atoms with Gasteiger partial charge in [0.2, 0.25) is 0 Å². The fourth-order valence-electron chi connectivity index (χ4n) is 7.35. The van der Waals surface area contributed by atoms with E-state index in [0.29, 0.717) is 11.8 Å². The summed E-state index contributed by atoms with van der Waals surface area (Å²) in [6.07, 6.45) is 7.65. The number of aromatic nitrogens is 1.